The fraction of sp³-hybridized carbons (Fsp3) is 0.182. The molecule has 2 aromatic rings. The van der Waals surface area contributed by atoms with E-state index < -0.39 is 10.0 Å². The van der Waals surface area contributed by atoms with Crippen LogP contribution in [0.2, 0.25) is 0 Å². The minimum absolute atomic E-state index is 0.228. The number of hydrogen-bond acceptors (Lipinski definition) is 6. The van der Waals surface area contributed by atoms with E-state index in [9.17, 15) is 8.42 Å². The van der Waals surface area contributed by atoms with Gasteiger partial charge in [-0.25, -0.2) is 17.7 Å². The molecule has 2 rings (SSSR count). The van der Waals surface area contributed by atoms with Crippen LogP contribution in [0, 0.1) is 0 Å². The van der Waals surface area contributed by atoms with Crippen molar-refractivity contribution in [3.8, 4) is 0 Å². The smallest absolute Gasteiger partial charge is 0.242 e. The van der Waals surface area contributed by atoms with Crippen molar-refractivity contribution in [1.82, 2.24) is 9.29 Å². The monoisotopic (exact) mass is 315 g/mol. The second-order valence-electron chi connectivity index (χ2n) is 3.89. The third-order valence-corrected chi connectivity index (χ3v) is 6.14. The van der Waals surface area contributed by atoms with Crippen molar-refractivity contribution in [2.24, 2.45) is 0 Å². The number of nitrogens with zero attached hydrogens (tertiary/aromatic N) is 2. The lowest BCUT2D eigenvalue weighted by atomic mass is 10.3. The number of benzene rings is 1. The Balaban J connectivity index is 2.40. The van der Waals surface area contributed by atoms with Gasteiger partial charge in [-0.3, -0.25) is 0 Å². The molecule has 1 aromatic heterocycles. The molecule has 2 N–H and O–H groups in total. The highest BCUT2D eigenvalue weighted by atomic mass is 32.2. The van der Waals surface area contributed by atoms with Gasteiger partial charge >= 0.3 is 0 Å². The predicted octanol–water partition coefficient (Wildman–Crippen LogP) is 2.13. The summed E-state index contributed by atoms with van der Waals surface area (Å²) in [4.78, 5) is 5.07. The number of nitrogens with two attached hydrogens (primary N) is 1. The first kappa shape index (κ1) is 14.3. The summed E-state index contributed by atoms with van der Waals surface area (Å²) in [5.41, 5.74) is 6.41. The topological polar surface area (TPSA) is 76.3 Å². The van der Waals surface area contributed by atoms with Crippen molar-refractivity contribution in [3.05, 3.63) is 29.8 Å². The van der Waals surface area contributed by atoms with Gasteiger partial charge in [0.1, 0.15) is 0 Å². The molecule has 0 aliphatic carbocycles. The van der Waals surface area contributed by atoms with Crippen molar-refractivity contribution in [1.29, 1.82) is 0 Å². The molecule has 0 saturated heterocycles. The summed E-state index contributed by atoms with van der Waals surface area (Å²) in [7, 11) is -0.449. The summed E-state index contributed by atoms with van der Waals surface area (Å²) in [5, 5.41) is 1.86. The van der Waals surface area contributed by atoms with Crippen LogP contribution in [0.1, 0.15) is 0 Å². The van der Waals surface area contributed by atoms with Crippen molar-refractivity contribution >= 4 is 38.8 Å². The van der Waals surface area contributed by atoms with Crippen LogP contribution in [-0.2, 0) is 10.0 Å². The first-order valence-electron chi connectivity index (χ1n) is 5.30. The highest BCUT2D eigenvalue weighted by Gasteiger charge is 2.18. The molecule has 0 amide bonds. The van der Waals surface area contributed by atoms with Gasteiger partial charge in [0.15, 0.2) is 4.34 Å². The molecule has 5 nitrogen and oxygen atoms in total. The molecule has 0 saturated carbocycles. The number of sulfonamides is 1. The highest BCUT2D eigenvalue weighted by molar-refractivity contribution is 8.01. The number of rotatable bonds is 4. The number of nitrogen functional groups attached to an aromatic ring is 1. The molecule has 1 heterocycles. The molecule has 0 unspecified atom stereocenters. The zero-order chi connectivity index (χ0) is 14.0. The number of aromatic nitrogens is 1. The Labute approximate surface area is 120 Å². The normalized spacial score (nSPS) is 11.9. The van der Waals surface area contributed by atoms with E-state index >= 15 is 0 Å². The van der Waals surface area contributed by atoms with Crippen LogP contribution < -0.4 is 5.73 Å². The second kappa shape index (κ2) is 5.49. The van der Waals surface area contributed by atoms with Gasteiger partial charge in [0.25, 0.3) is 0 Å². The van der Waals surface area contributed by atoms with Crippen molar-refractivity contribution < 1.29 is 8.42 Å². The molecule has 0 spiro atoms. The van der Waals surface area contributed by atoms with Crippen molar-refractivity contribution in [2.75, 3.05) is 19.8 Å². The molecule has 1 aromatic carbocycles. The van der Waals surface area contributed by atoms with E-state index in [0.29, 0.717) is 10.6 Å². The molecular formula is C11H13N3O2S3. The van der Waals surface area contributed by atoms with Crippen molar-refractivity contribution in [2.45, 2.75) is 14.1 Å². The van der Waals surface area contributed by atoms with Crippen LogP contribution in [-0.4, -0.2) is 31.8 Å². The van der Waals surface area contributed by atoms with Crippen molar-refractivity contribution in [3.63, 3.8) is 0 Å². The molecule has 0 bridgehead atoms. The maximum atomic E-state index is 12.1. The maximum absolute atomic E-state index is 12.1. The zero-order valence-electron chi connectivity index (χ0n) is 10.4. The average molecular weight is 315 g/mol. The maximum Gasteiger partial charge on any atom is 0.242 e. The SMILES string of the molecule is CN(C)S(=O)(=O)c1ccc(N)c(Sc2nccs2)c1. The van der Waals surface area contributed by atoms with Gasteiger partial charge in [-0.05, 0) is 18.2 Å². The first-order valence-corrected chi connectivity index (χ1v) is 8.44. The summed E-state index contributed by atoms with van der Waals surface area (Å²) in [6.45, 7) is 0. The number of thiazole rings is 1. The molecule has 0 radical (unpaired) electrons. The van der Waals surface area contributed by atoms with Crippen LogP contribution in [0.15, 0.2) is 43.9 Å². The van der Waals surface area contributed by atoms with Crippen LogP contribution in [0.4, 0.5) is 5.69 Å². The van der Waals surface area contributed by atoms with E-state index in [0.717, 1.165) is 4.34 Å². The third-order valence-electron chi connectivity index (χ3n) is 2.37. The lowest BCUT2D eigenvalue weighted by Crippen LogP contribution is -2.22. The van der Waals surface area contributed by atoms with Gasteiger partial charge in [-0.15, -0.1) is 11.3 Å². The molecule has 0 fully saturated rings. The number of anilines is 1. The molecule has 102 valence electrons. The predicted molar refractivity (Wildman–Crippen MR) is 78.0 cm³/mol. The van der Waals surface area contributed by atoms with E-state index in [1.165, 1.54) is 47.6 Å². The summed E-state index contributed by atoms with van der Waals surface area (Å²) in [6.07, 6.45) is 1.70. The largest absolute Gasteiger partial charge is 0.398 e. The Bertz CT molecular complexity index is 666. The van der Waals surface area contributed by atoms with Crippen LogP contribution in [0.25, 0.3) is 0 Å². The lowest BCUT2D eigenvalue weighted by molar-refractivity contribution is 0.520. The Morgan fingerprint density at radius 2 is 2.11 bits per heavy atom. The summed E-state index contributed by atoms with van der Waals surface area (Å²) >= 11 is 2.84. The van der Waals surface area contributed by atoms with E-state index in [-0.39, 0.29) is 4.90 Å². The second-order valence-corrected chi connectivity index (χ2v) is 8.22. The van der Waals surface area contributed by atoms with Gasteiger partial charge in [-0.1, -0.05) is 11.8 Å². The van der Waals surface area contributed by atoms with E-state index in [1.807, 2.05) is 5.38 Å². The molecule has 19 heavy (non-hydrogen) atoms. The third kappa shape index (κ3) is 3.08. The van der Waals surface area contributed by atoms with E-state index in [4.69, 9.17) is 5.73 Å². The van der Waals surface area contributed by atoms with Gasteiger partial charge in [-0.2, -0.15) is 0 Å². The Hall–Kier alpha value is -1.09. The highest BCUT2D eigenvalue weighted by Crippen LogP contribution is 2.34. The fourth-order valence-electron chi connectivity index (χ4n) is 1.33. The molecule has 0 aliphatic heterocycles. The Morgan fingerprint density at radius 1 is 1.37 bits per heavy atom. The standard InChI is InChI=1S/C11H13N3O2S3/c1-14(2)19(15,16)8-3-4-9(12)10(7-8)18-11-13-5-6-17-11/h3-7H,12H2,1-2H3. The molecular weight excluding hydrogens is 302 g/mol. The first-order chi connectivity index (χ1) is 8.91. The van der Waals surface area contributed by atoms with E-state index in [2.05, 4.69) is 4.98 Å². The fourth-order valence-corrected chi connectivity index (χ4v) is 3.99. The number of hydrogen-bond donors (Lipinski definition) is 1. The van der Waals surface area contributed by atoms with Crippen LogP contribution in [0.3, 0.4) is 0 Å². The average Bonchev–Trinajstić information content (AvgIpc) is 2.84. The minimum atomic E-state index is -3.45. The van der Waals surface area contributed by atoms with Crippen LogP contribution >= 0.6 is 23.1 Å². The molecule has 0 aliphatic rings. The Kier molecular flexibility index (Phi) is 4.14. The summed E-state index contributed by atoms with van der Waals surface area (Å²) < 4.78 is 26.1. The Morgan fingerprint density at radius 3 is 2.68 bits per heavy atom. The summed E-state index contributed by atoms with van der Waals surface area (Å²) in [5.74, 6) is 0. The lowest BCUT2D eigenvalue weighted by Gasteiger charge is -2.13. The van der Waals surface area contributed by atoms with Gasteiger partial charge in [0.2, 0.25) is 10.0 Å². The minimum Gasteiger partial charge on any atom is -0.398 e. The van der Waals surface area contributed by atoms with Gasteiger partial charge in [0, 0.05) is 36.3 Å². The zero-order valence-corrected chi connectivity index (χ0v) is 12.8. The van der Waals surface area contributed by atoms with E-state index in [1.54, 1.807) is 18.3 Å². The van der Waals surface area contributed by atoms with Gasteiger partial charge < -0.3 is 5.73 Å². The quantitative estimate of drug-likeness (QED) is 0.875. The molecule has 0 atom stereocenters. The van der Waals surface area contributed by atoms with Crippen LogP contribution in [0.5, 0.6) is 0 Å². The van der Waals surface area contributed by atoms with Gasteiger partial charge in [0.05, 0.1) is 4.90 Å². The molecule has 8 heteroatoms. The summed E-state index contributed by atoms with van der Waals surface area (Å²) in [6, 6.07) is 4.69.